The van der Waals surface area contributed by atoms with Crippen LogP contribution < -0.4 is 10.2 Å². The topological polar surface area (TPSA) is 28.2 Å². The van der Waals surface area contributed by atoms with E-state index in [-0.39, 0.29) is 0 Å². The molecule has 0 radical (unpaired) electrons. The summed E-state index contributed by atoms with van der Waals surface area (Å²) < 4.78 is 0. The number of nitrogens with one attached hydrogen (secondary N) is 1. The Morgan fingerprint density at radius 3 is 2.37 bits per heavy atom. The van der Waals surface area contributed by atoms with E-state index in [0.717, 1.165) is 36.0 Å². The van der Waals surface area contributed by atoms with Crippen LogP contribution in [0, 0.1) is 0 Å². The number of rotatable bonds is 9. The molecule has 0 bridgehead atoms. The average Bonchev–Trinajstić information content (AvgIpc) is 2.42. The lowest BCUT2D eigenvalue weighted by molar-refractivity contribution is 0.670. The van der Waals surface area contributed by atoms with Crippen LogP contribution in [-0.4, -0.2) is 25.1 Å². The van der Waals surface area contributed by atoms with Gasteiger partial charge in [-0.05, 0) is 31.5 Å². The standard InChI is InChI=1S/C15H26ClN3/c1-4-6-8-19(9-7-5-2)15-10-13(11-17-3)14(16)12-18-15/h10,12,17H,4-9,11H2,1-3H3. The summed E-state index contributed by atoms with van der Waals surface area (Å²) in [6, 6.07) is 2.12. The third kappa shape index (κ3) is 5.37. The molecule has 0 unspecified atom stereocenters. The quantitative estimate of drug-likeness (QED) is 0.746. The highest BCUT2D eigenvalue weighted by Crippen LogP contribution is 2.21. The van der Waals surface area contributed by atoms with Gasteiger partial charge in [0.05, 0.1) is 5.02 Å². The molecule has 1 aromatic rings. The van der Waals surface area contributed by atoms with E-state index >= 15 is 0 Å². The molecule has 0 atom stereocenters. The molecule has 3 nitrogen and oxygen atoms in total. The molecule has 0 aliphatic heterocycles. The van der Waals surface area contributed by atoms with Crippen molar-refractivity contribution in [1.82, 2.24) is 10.3 Å². The Hall–Kier alpha value is -0.800. The summed E-state index contributed by atoms with van der Waals surface area (Å²) in [5, 5.41) is 3.89. The predicted molar refractivity (Wildman–Crippen MR) is 84.0 cm³/mol. The summed E-state index contributed by atoms with van der Waals surface area (Å²) in [6.07, 6.45) is 6.60. The number of hydrogen-bond donors (Lipinski definition) is 1. The third-order valence-electron chi connectivity index (χ3n) is 3.17. The molecule has 1 N–H and O–H groups in total. The van der Waals surface area contributed by atoms with Crippen LogP contribution in [0.3, 0.4) is 0 Å². The number of halogens is 1. The largest absolute Gasteiger partial charge is 0.357 e. The molecule has 0 amide bonds. The Bertz CT molecular complexity index is 360. The van der Waals surface area contributed by atoms with Crippen molar-refractivity contribution in [2.24, 2.45) is 0 Å². The molecule has 4 heteroatoms. The first-order chi connectivity index (χ1) is 9.22. The molecule has 0 saturated heterocycles. The highest BCUT2D eigenvalue weighted by molar-refractivity contribution is 6.31. The maximum Gasteiger partial charge on any atom is 0.128 e. The van der Waals surface area contributed by atoms with Crippen molar-refractivity contribution in [3.8, 4) is 0 Å². The molecule has 108 valence electrons. The second kappa shape index (κ2) is 9.16. The van der Waals surface area contributed by atoms with Gasteiger partial charge in [-0.3, -0.25) is 0 Å². The first-order valence-electron chi connectivity index (χ1n) is 7.26. The molecule has 1 rings (SSSR count). The lowest BCUT2D eigenvalue weighted by atomic mass is 10.2. The van der Waals surface area contributed by atoms with Crippen LogP contribution >= 0.6 is 11.6 Å². The van der Waals surface area contributed by atoms with Crippen molar-refractivity contribution in [2.75, 3.05) is 25.0 Å². The Morgan fingerprint density at radius 2 is 1.84 bits per heavy atom. The van der Waals surface area contributed by atoms with Crippen LogP contribution in [0.25, 0.3) is 0 Å². The van der Waals surface area contributed by atoms with Gasteiger partial charge < -0.3 is 10.2 Å². The number of nitrogens with zero attached hydrogens (tertiary/aromatic N) is 2. The second-order valence-electron chi connectivity index (χ2n) is 4.86. The molecule has 0 aliphatic rings. The van der Waals surface area contributed by atoms with Crippen LogP contribution in [0.2, 0.25) is 5.02 Å². The van der Waals surface area contributed by atoms with Crippen LogP contribution in [0.1, 0.15) is 45.1 Å². The zero-order valence-electron chi connectivity index (χ0n) is 12.4. The summed E-state index contributed by atoms with van der Waals surface area (Å²) >= 11 is 6.17. The van der Waals surface area contributed by atoms with Crippen LogP contribution in [0.15, 0.2) is 12.3 Å². The molecule has 1 heterocycles. The number of hydrogen-bond acceptors (Lipinski definition) is 3. The van der Waals surface area contributed by atoms with Crippen molar-refractivity contribution in [3.05, 3.63) is 22.8 Å². The Morgan fingerprint density at radius 1 is 1.21 bits per heavy atom. The van der Waals surface area contributed by atoms with Crippen LogP contribution in [0.5, 0.6) is 0 Å². The van der Waals surface area contributed by atoms with Gasteiger partial charge >= 0.3 is 0 Å². The van der Waals surface area contributed by atoms with Gasteiger partial charge in [0, 0.05) is 25.8 Å². The maximum atomic E-state index is 6.17. The fourth-order valence-corrected chi connectivity index (χ4v) is 2.18. The fourth-order valence-electron chi connectivity index (χ4n) is 2.01. The second-order valence-corrected chi connectivity index (χ2v) is 5.27. The minimum atomic E-state index is 0.740. The van der Waals surface area contributed by atoms with Crippen LogP contribution in [-0.2, 0) is 6.54 Å². The van der Waals surface area contributed by atoms with Crippen molar-refractivity contribution in [2.45, 2.75) is 46.1 Å². The molecule has 0 saturated carbocycles. The van der Waals surface area contributed by atoms with Gasteiger partial charge in [-0.25, -0.2) is 4.98 Å². The molecule has 19 heavy (non-hydrogen) atoms. The number of pyridine rings is 1. The monoisotopic (exact) mass is 283 g/mol. The van der Waals surface area contributed by atoms with Gasteiger partial charge in [0.2, 0.25) is 0 Å². The zero-order chi connectivity index (χ0) is 14.1. The summed E-state index contributed by atoms with van der Waals surface area (Å²) in [4.78, 5) is 6.87. The molecule has 1 aromatic heterocycles. The van der Waals surface area contributed by atoms with E-state index in [1.807, 2.05) is 7.05 Å². The van der Waals surface area contributed by atoms with Crippen molar-refractivity contribution < 1.29 is 0 Å². The van der Waals surface area contributed by atoms with Gasteiger partial charge in [-0.2, -0.15) is 0 Å². The smallest absolute Gasteiger partial charge is 0.128 e. The van der Waals surface area contributed by atoms with Gasteiger partial charge in [-0.15, -0.1) is 0 Å². The van der Waals surface area contributed by atoms with E-state index in [9.17, 15) is 0 Å². The average molecular weight is 284 g/mol. The molecular formula is C15H26ClN3. The highest BCUT2D eigenvalue weighted by atomic mass is 35.5. The molecule has 0 fully saturated rings. The minimum absolute atomic E-state index is 0.740. The Labute approximate surface area is 122 Å². The van der Waals surface area contributed by atoms with E-state index in [1.54, 1.807) is 6.20 Å². The predicted octanol–water partition coefficient (Wildman–Crippen LogP) is 3.86. The fraction of sp³-hybridized carbons (Fsp3) is 0.667. The summed E-state index contributed by atoms with van der Waals surface area (Å²) in [5.41, 5.74) is 1.12. The normalized spacial score (nSPS) is 10.7. The summed E-state index contributed by atoms with van der Waals surface area (Å²) in [6.45, 7) is 7.37. The summed E-state index contributed by atoms with van der Waals surface area (Å²) in [5.74, 6) is 1.05. The van der Waals surface area contributed by atoms with Gasteiger partial charge in [0.15, 0.2) is 0 Å². The van der Waals surface area contributed by atoms with Crippen molar-refractivity contribution >= 4 is 17.4 Å². The van der Waals surface area contributed by atoms with E-state index in [1.165, 1.54) is 25.7 Å². The number of unbranched alkanes of at least 4 members (excludes halogenated alkanes) is 2. The van der Waals surface area contributed by atoms with E-state index in [4.69, 9.17) is 11.6 Å². The van der Waals surface area contributed by atoms with E-state index < -0.39 is 0 Å². The first kappa shape index (κ1) is 16.3. The summed E-state index contributed by atoms with van der Waals surface area (Å²) in [7, 11) is 1.93. The third-order valence-corrected chi connectivity index (χ3v) is 3.51. The lowest BCUT2D eigenvalue weighted by Crippen LogP contribution is -2.26. The highest BCUT2D eigenvalue weighted by Gasteiger charge is 2.09. The van der Waals surface area contributed by atoms with Gasteiger partial charge in [0.1, 0.15) is 5.82 Å². The van der Waals surface area contributed by atoms with Crippen LogP contribution in [0.4, 0.5) is 5.82 Å². The molecule has 0 aliphatic carbocycles. The SMILES string of the molecule is CCCCN(CCCC)c1cc(CNC)c(Cl)cn1. The van der Waals surface area contributed by atoms with Crippen molar-refractivity contribution in [3.63, 3.8) is 0 Å². The first-order valence-corrected chi connectivity index (χ1v) is 7.64. The van der Waals surface area contributed by atoms with Gasteiger partial charge in [-0.1, -0.05) is 38.3 Å². The molecular weight excluding hydrogens is 258 g/mol. The number of aromatic nitrogens is 1. The molecule has 0 spiro atoms. The van der Waals surface area contributed by atoms with E-state index in [0.29, 0.717) is 0 Å². The minimum Gasteiger partial charge on any atom is -0.357 e. The van der Waals surface area contributed by atoms with Crippen molar-refractivity contribution in [1.29, 1.82) is 0 Å². The van der Waals surface area contributed by atoms with E-state index in [2.05, 4.69) is 35.1 Å². The maximum absolute atomic E-state index is 6.17. The Kier molecular flexibility index (Phi) is 7.84. The zero-order valence-corrected chi connectivity index (χ0v) is 13.1. The molecule has 0 aromatic carbocycles. The lowest BCUT2D eigenvalue weighted by Gasteiger charge is -2.24. The number of anilines is 1. The Balaban J connectivity index is 2.83. The van der Waals surface area contributed by atoms with Gasteiger partial charge in [0.25, 0.3) is 0 Å².